The van der Waals surface area contributed by atoms with Gasteiger partial charge in [-0.25, -0.2) is 0 Å². The van der Waals surface area contributed by atoms with E-state index < -0.39 is 0 Å². The third-order valence-electron chi connectivity index (χ3n) is 3.58. The lowest BCUT2D eigenvalue weighted by atomic mass is 10.1. The molecule has 0 atom stereocenters. The van der Waals surface area contributed by atoms with Gasteiger partial charge < -0.3 is 15.9 Å². The molecule has 0 radical (unpaired) electrons. The van der Waals surface area contributed by atoms with E-state index >= 15 is 0 Å². The number of carbonyl (C=O) groups is 1. The first-order valence-corrected chi connectivity index (χ1v) is 7.94. The van der Waals surface area contributed by atoms with Crippen molar-refractivity contribution in [3.63, 3.8) is 0 Å². The van der Waals surface area contributed by atoms with E-state index in [2.05, 4.69) is 29.5 Å². The molecule has 0 aliphatic heterocycles. The van der Waals surface area contributed by atoms with Crippen LogP contribution in [0.3, 0.4) is 0 Å². The monoisotopic (exact) mass is 325 g/mol. The van der Waals surface area contributed by atoms with Crippen LogP contribution in [0.2, 0.25) is 0 Å². The van der Waals surface area contributed by atoms with Gasteiger partial charge in [-0.1, -0.05) is 59.8 Å². The Labute approximate surface area is 142 Å². The highest BCUT2D eigenvalue weighted by molar-refractivity contribution is 5.82. The summed E-state index contributed by atoms with van der Waals surface area (Å²) in [4.78, 5) is 16.7. The Morgan fingerprint density at radius 3 is 2.58 bits per heavy atom. The summed E-state index contributed by atoms with van der Waals surface area (Å²) < 4.78 is 0. The molecule has 1 amide bonds. The third kappa shape index (κ3) is 6.12. The molecule has 0 spiro atoms. The van der Waals surface area contributed by atoms with Crippen molar-refractivity contribution in [1.82, 2.24) is 5.32 Å². The van der Waals surface area contributed by atoms with Gasteiger partial charge in [-0.3, -0.25) is 4.79 Å². The first kappa shape index (κ1) is 17.5. The SMILES string of the molecule is Cc1ccccc1CCNC(=O)CO/N=C(/N)Cc1ccccc1. The van der Waals surface area contributed by atoms with Crippen LogP contribution in [0.5, 0.6) is 0 Å². The topological polar surface area (TPSA) is 76.7 Å². The molecule has 0 saturated heterocycles. The summed E-state index contributed by atoms with van der Waals surface area (Å²) in [5.74, 6) is 0.133. The maximum atomic E-state index is 11.7. The van der Waals surface area contributed by atoms with Crippen molar-refractivity contribution in [3.05, 3.63) is 71.3 Å². The number of oxime groups is 1. The molecule has 5 heteroatoms. The van der Waals surface area contributed by atoms with E-state index in [1.165, 1.54) is 11.1 Å². The van der Waals surface area contributed by atoms with Gasteiger partial charge in [-0.2, -0.15) is 0 Å². The minimum atomic E-state index is -0.208. The second kappa shape index (κ2) is 9.35. The lowest BCUT2D eigenvalue weighted by Crippen LogP contribution is -2.29. The maximum absolute atomic E-state index is 11.7. The van der Waals surface area contributed by atoms with Crippen molar-refractivity contribution in [2.24, 2.45) is 10.9 Å². The highest BCUT2D eigenvalue weighted by Crippen LogP contribution is 2.06. The van der Waals surface area contributed by atoms with Crippen molar-refractivity contribution in [2.75, 3.05) is 13.2 Å². The molecule has 0 aliphatic rings. The molecule has 126 valence electrons. The molecule has 5 nitrogen and oxygen atoms in total. The largest absolute Gasteiger partial charge is 0.384 e. The number of hydrogen-bond donors (Lipinski definition) is 2. The molecule has 2 rings (SSSR count). The normalized spacial score (nSPS) is 11.1. The fourth-order valence-electron chi connectivity index (χ4n) is 2.29. The third-order valence-corrected chi connectivity index (χ3v) is 3.58. The maximum Gasteiger partial charge on any atom is 0.260 e. The number of rotatable bonds is 8. The van der Waals surface area contributed by atoms with E-state index in [1.807, 2.05) is 42.5 Å². The van der Waals surface area contributed by atoms with E-state index in [-0.39, 0.29) is 12.5 Å². The fraction of sp³-hybridized carbons (Fsp3) is 0.263. The number of nitrogens with one attached hydrogen (secondary N) is 1. The Kier molecular flexibility index (Phi) is 6.83. The molecule has 0 unspecified atom stereocenters. The Bertz CT molecular complexity index is 684. The van der Waals surface area contributed by atoms with Crippen LogP contribution in [-0.2, 0) is 22.5 Å². The molecular formula is C19H23N3O2. The number of amides is 1. The van der Waals surface area contributed by atoms with Crippen LogP contribution in [0.25, 0.3) is 0 Å². The Balaban J connectivity index is 1.66. The zero-order valence-corrected chi connectivity index (χ0v) is 13.9. The summed E-state index contributed by atoms with van der Waals surface area (Å²) in [5, 5.41) is 6.58. The molecule has 24 heavy (non-hydrogen) atoms. The van der Waals surface area contributed by atoms with E-state index in [0.717, 1.165) is 12.0 Å². The molecule has 2 aromatic rings. The summed E-state index contributed by atoms with van der Waals surface area (Å²) in [7, 11) is 0. The van der Waals surface area contributed by atoms with Gasteiger partial charge in [-0.05, 0) is 30.0 Å². The van der Waals surface area contributed by atoms with Crippen LogP contribution in [0.4, 0.5) is 0 Å². The van der Waals surface area contributed by atoms with E-state index in [0.29, 0.717) is 18.8 Å². The predicted octanol–water partition coefficient (Wildman–Crippen LogP) is 2.19. The van der Waals surface area contributed by atoms with Gasteiger partial charge in [0.15, 0.2) is 6.61 Å². The number of nitrogens with zero attached hydrogens (tertiary/aromatic N) is 1. The average Bonchev–Trinajstić information content (AvgIpc) is 2.57. The number of amidine groups is 1. The van der Waals surface area contributed by atoms with Gasteiger partial charge in [0.1, 0.15) is 5.84 Å². The smallest absolute Gasteiger partial charge is 0.260 e. The van der Waals surface area contributed by atoms with Crippen LogP contribution in [0.1, 0.15) is 16.7 Å². The highest BCUT2D eigenvalue weighted by Gasteiger charge is 2.03. The van der Waals surface area contributed by atoms with Crippen molar-refractivity contribution < 1.29 is 9.63 Å². The number of aryl methyl sites for hydroxylation is 1. The Hall–Kier alpha value is -2.82. The summed E-state index contributed by atoms with van der Waals surface area (Å²) in [6, 6.07) is 17.9. The molecule has 0 aliphatic carbocycles. The molecule has 0 saturated carbocycles. The van der Waals surface area contributed by atoms with Gasteiger partial charge in [0.25, 0.3) is 5.91 Å². The number of hydrogen-bond acceptors (Lipinski definition) is 3. The van der Waals surface area contributed by atoms with Crippen molar-refractivity contribution >= 4 is 11.7 Å². The first-order chi connectivity index (χ1) is 11.6. The van der Waals surface area contributed by atoms with Crippen LogP contribution < -0.4 is 11.1 Å². The molecule has 0 bridgehead atoms. The molecular weight excluding hydrogens is 302 g/mol. The van der Waals surface area contributed by atoms with Gasteiger partial charge >= 0.3 is 0 Å². The number of benzene rings is 2. The first-order valence-electron chi connectivity index (χ1n) is 7.94. The molecule has 2 aromatic carbocycles. The van der Waals surface area contributed by atoms with E-state index in [4.69, 9.17) is 10.6 Å². The van der Waals surface area contributed by atoms with Crippen molar-refractivity contribution in [3.8, 4) is 0 Å². The van der Waals surface area contributed by atoms with Crippen molar-refractivity contribution in [2.45, 2.75) is 19.8 Å². The van der Waals surface area contributed by atoms with Gasteiger partial charge in [0.05, 0.1) is 0 Å². The quantitative estimate of drug-likeness (QED) is 0.444. The molecule has 0 heterocycles. The summed E-state index contributed by atoms with van der Waals surface area (Å²) in [6.45, 7) is 2.49. The van der Waals surface area contributed by atoms with E-state index in [1.54, 1.807) is 0 Å². The van der Waals surface area contributed by atoms with Crippen LogP contribution >= 0.6 is 0 Å². The Morgan fingerprint density at radius 2 is 1.83 bits per heavy atom. The molecule has 3 N–H and O–H groups in total. The van der Waals surface area contributed by atoms with Crippen LogP contribution in [-0.4, -0.2) is 24.9 Å². The fourth-order valence-corrected chi connectivity index (χ4v) is 2.29. The predicted molar refractivity (Wildman–Crippen MR) is 95.6 cm³/mol. The highest BCUT2D eigenvalue weighted by atomic mass is 16.6. The minimum Gasteiger partial charge on any atom is -0.384 e. The molecule has 0 aromatic heterocycles. The summed E-state index contributed by atoms with van der Waals surface area (Å²) in [5.41, 5.74) is 9.27. The summed E-state index contributed by atoms with van der Waals surface area (Å²) >= 11 is 0. The van der Waals surface area contributed by atoms with Crippen LogP contribution in [0, 0.1) is 6.92 Å². The summed E-state index contributed by atoms with van der Waals surface area (Å²) in [6.07, 6.45) is 1.29. The Morgan fingerprint density at radius 1 is 1.12 bits per heavy atom. The van der Waals surface area contributed by atoms with Gasteiger partial charge in [0.2, 0.25) is 0 Å². The molecule has 0 fully saturated rings. The van der Waals surface area contributed by atoms with Gasteiger partial charge in [-0.15, -0.1) is 0 Å². The second-order valence-electron chi connectivity index (χ2n) is 5.54. The average molecular weight is 325 g/mol. The standard InChI is InChI=1S/C19H23N3O2/c1-15-7-5-6-10-17(15)11-12-21-19(23)14-24-22-18(20)13-16-8-3-2-4-9-16/h2-10H,11-14H2,1H3,(H2,20,22)(H,21,23). The zero-order valence-electron chi connectivity index (χ0n) is 13.9. The zero-order chi connectivity index (χ0) is 17.2. The lowest BCUT2D eigenvalue weighted by Gasteiger charge is -2.07. The second-order valence-corrected chi connectivity index (χ2v) is 5.54. The number of carbonyl (C=O) groups excluding carboxylic acids is 1. The van der Waals surface area contributed by atoms with Crippen molar-refractivity contribution in [1.29, 1.82) is 0 Å². The van der Waals surface area contributed by atoms with E-state index in [9.17, 15) is 4.79 Å². The number of nitrogens with two attached hydrogens (primary N) is 1. The van der Waals surface area contributed by atoms with Gasteiger partial charge in [0, 0.05) is 13.0 Å². The minimum absolute atomic E-state index is 0.136. The van der Waals surface area contributed by atoms with Crippen LogP contribution in [0.15, 0.2) is 59.8 Å². The lowest BCUT2D eigenvalue weighted by molar-refractivity contribution is -0.125.